The number of hydrogen-bond acceptors (Lipinski definition) is 8. The summed E-state index contributed by atoms with van der Waals surface area (Å²) in [5.74, 6) is -1.73. The number of ether oxygens (including phenoxy) is 1. The molecule has 26 heavy (non-hydrogen) atoms. The maximum absolute atomic E-state index is 13.8. The zero-order valence-electron chi connectivity index (χ0n) is 14.3. The third kappa shape index (κ3) is 4.62. The van der Waals surface area contributed by atoms with Gasteiger partial charge in [-0.25, -0.2) is 9.18 Å². The lowest BCUT2D eigenvalue weighted by Crippen LogP contribution is -2.52. The molecular weight excluding hydrogens is 383 g/mol. The number of rotatable bonds is 4. The Kier molecular flexibility index (Phi) is 6.65. The maximum Gasteiger partial charge on any atom is 0.413 e. The van der Waals surface area contributed by atoms with Crippen molar-refractivity contribution < 1.29 is 23.5 Å². The molecule has 3 aliphatic heterocycles. The minimum absolute atomic E-state index is 0.0567. The fraction of sp³-hybridized carbons (Fsp3) is 0.800. The molecular formula is C15H23FN4O4S2. The minimum Gasteiger partial charge on any atom is -0.450 e. The first-order valence-corrected chi connectivity index (χ1v) is 10.6. The number of nitrogens with one attached hydrogen (secondary N) is 4. The number of imide groups is 1. The van der Waals surface area contributed by atoms with Gasteiger partial charge in [-0.3, -0.25) is 20.2 Å². The van der Waals surface area contributed by atoms with Crippen LogP contribution in [0.3, 0.4) is 0 Å². The molecule has 4 N–H and O–H groups in total. The number of fused-ring (bicyclic) bond motifs is 1. The molecule has 0 aromatic carbocycles. The molecule has 3 rings (SSSR count). The predicted octanol–water partition coefficient (Wildman–Crippen LogP) is 0.491. The van der Waals surface area contributed by atoms with Crippen LogP contribution in [0.2, 0.25) is 0 Å². The van der Waals surface area contributed by atoms with E-state index in [-0.39, 0.29) is 25.1 Å². The quantitative estimate of drug-likeness (QED) is 0.534. The van der Waals surface area contributed by atoms with Crippen LogP contribution in [0.1, 0.15) is 26.2 Å². The molecule has 8 nitrogen and oxygen atoms in total. The van der Waals surface area contributed by atoms with E-state index in [4.69, 9.17) is 0 Å². The molecule has 3 amide bonds. The van der Waals surface area contributed by atoms with Crippen LogP contribution in [-0.4, -0.2) is 58.7 Å². The van der Waals surface area contributed by atoms with E-state index in [9.17, 15) is 18.8 Å². The topological polar surface area (TPSA) is 109 Å². The smallest absolute Gasteiger partial charge is 0.413 e. The third-order valence-electron chi connectivity index (χ3n) is 4.50. The number of thioether (sulfide) groups is 2. The van der Waals surface area contributed by atoms with Gasteiger partial charge in [0.1, 0.15) is 10.9 Å². The van der Waals surface area contributed by atoms with E-state index < -0.39 is 34.2 Å². The van der Waals surface area contributed by atoms with Crippen LogP contribution < -0.4 is 21.3 Å². The number of amides is 3. The van der Waals surface area contributed by atoms with Gasteiger partial charge in [0, 0.05) is 11.7 Å². The lowest BCUT2D eigenvalue weighted by atomic mass is 10.1. The molecule has 0 radical (unpaired) electrons. The summed E-state index contributed by atoms with van der Waals surface area (Å²) in [4.78, 5) is 36.2. The SMILES string of the molecule is CCOC(=O)NC(=O)C1CC(F)SC1NC(=O)C1NC2NCCCC2S1. The Bertz CT molecular complexity index is 556. The fourth-order valence-electron chi connectivity index (χ4n) is 3.27. The van der Waals surface area contributed by atoms with Gasteiger partial charge in [-0.1, -0.05) is 11.8 Å². The molecule has 0 saturated carbocycles. The number of piperidine rings is 1. The van der Waals surface area contributed by atoms with Gasteiger partial charge in [0.15, 0.2) is 0 Å². The van der Waals surface area contributed by atoms with Crippen LogP contribution in [-0.2, 0) is 14.3 Å². The molecule has 0 bridgehead atoms. The second kappa shape index (κ2) is 8.77. The van der Waals surface area contributed by atoms with Crippen LogP contribution in [0.25, 0.3) is 0 Å². The zero-order valence-corrected chi connectivity index (χ0v) is 16.0. The molecule has 3 saturated heterocycles. The van der Waals surface area contributed by atoms with E-state index in [1.807, 2.05) is 0 Å². The molecule has 0 aromatic heterocycles. The van der Waals surface area contributed by atoms with Crippen molar-refractivity contribution >= 4 is 41.4 Å². The standard InChI is InChI=1S/C15H23FN4O4S2/c1-2-24-15(23)20-11(21)7-6-9(16)26-13(7)19-12(22)14-18-10-8(25-14)4-3-5-17-10/h7-10,13-14,17-18H,2-6H2,1H3,(H,19,22)(H,20,21,23). The van der Waals surface area contributed by atoms with Crippen molar-refractivity contribution in [3.05, 3.63) is 0 Å². The zero-order chi connectivity index (χ0) is 18.7. The predicted molar refractivity (Wildman–Crippen MR) is 97.0 cm³/mol. The highest BCUT2D eigenvalue weighted by atomic mass is 32.2. The first kappa shape index (κ1) is 19.7. The van der Waals surface area contributed by atoms with Crippen LogP contribution in [0.5, 0.6) is 0 Å². The van der Waals surface area contributed by atoms with Crippen molar-refractivity contribution in [3.8, 4) is 0 Å². The number of carbonyl (C=O) groups excluding carboxylic acids is 3. The van der Waals surface area contributed by atoms with Gasteiger partial charge in [-0.15, -0.1) is 11.8 Å². The summed E-state index contributed by atoms with van der Waals surface area (Å²) in [5, 5.41) is 10.6. The normalized spacial score (nSPS) is 36.2. The monoisotopic (exact) mass is 406 g/mol. The second-order valence-corrected chi connectivity index (χ2v) is 8.96. The summed E-state index contributed by atoms with van der Waals surface area (Å²) in [6.07, 6.45) is 1.28. The fourth-order valence-corrected chi connectivity index (χ4v) is 5.92. The first-order chi connectivity index (χ1) is 12.5. The number of carbonyl (C=O) groups is 3. The Morgan fingerprint density at radius 3 is 2.81 bits per heavy atom. The summed E-state index contributed by atoms with van der Waals surface area (Å²) >= 11 is 2.44. The molecule has 0 spiro atoms. The third-order valence-corrected chi connectivity index (χ3v) is 7.21. The summed E-state index contributed by atoms with van der Waals surface area (Å²) in [6, 6.07) is 0. The highest BCUT2D eigenvalue weighted by Gasteiger charge is 2.44. The summed E-state index contributed by atoms with van der Waals surface area (Å²) in [5.41, 5.74) is -1.27. The van der Waals surface area contributed by atoms with E-state index in [0.717, 1.165) is 31.1 Å². The average molecular weight is 407 g/mol. The Morgan fingerprint density at radius 2 is 2.08 bits per heavy atom. The van der Waals surface area contributed by atoms with Gasteiger partial charge >= 0.3 is 6.09 Å². The Balaban J connectivity index is 1.55. The van der Waals surface area contributed by atoms with Crippen LogP contribution in [0.4, 0.5) is 9.18 Å². The Morgan fingerprint density at radius 1 is 1.27 bits per heavy atom. The van der Waals surface area contributed by atoms with Gasteiger partial charge in [0.25, 0.3) is 0 Å². The van der Waals surface area contributed by atoms with Gasteiger partial charge in [-0.2, -0.15) is 0 Å². The number of alkyl carbamates (subject to hydrolysis) is 1. The molecule has 3 heterocycles. The van der Waals surface area contributed by atoms with Gasteiger partial charge in [0.05, 0.1) is 24.1 Å². The highest BCUT2D eigenvalue weighted by Crippen LogP contribution is 2.39. The van der Waals surface area contributed by atoms with Gasteiger partial charge in [0.2, 0.25) is 11.8 Å². The summed E-state index contributed by atoms with van der Waals surface area (Å²) < 4.78 is 18.5. The van der Waals surface area contributed by atoms with E-state index in [1.165, 1.54) is 0 Å². The Labute approximate surface area is 159 Å². The van der Waals surface area contributed by atoms with Crippen LogP contribution in [0.15, 0.2) is 0 Å². The number of halogens is 1. The van der Waals surface area contributed by atoms with Crippen LogP contribution in [0, 0.1) is 5.92 Å². The number of hydrogen-bond donors (Lipinski definition) is 4. The first-order valence-electron chi connectivity index (χ1n) is 8.70. The highest BCUT2D eigenvalue weighted by molar-refractivity contribution is 8.01. The molecule has 6 unspecified atom stereocenters. The maximum atomic E-state index is 13.8. The van der Waals surface area contributed by atoms with Crippen molar-refractivity contribution in [2.24, 2.45) is 5.92 Å². The van der Waals surface area contributed by atoms with E-state index in [1.54, 1.807) is 18.7 Å². The molecule has 0 aliphatic carbocycles. The van der Waals surface area contributed by atoms with Gasteiger partial charge < -0.3 is 15.4 Å². The lowest BCUT2D eigenvalue weighted by molar-refractivity contribution is -0.125. The molecule has 0 aromatic rings. The van der Waals surface area contributed by atoms with E-state index >= 15 is 0 Å². The van der Waals surface area contributed by atoms with E-state index in [0.29, 0.717) is 5.25 Å². The van der Waals surface area contributed by atoms with Crippen molar-refractivity contribution in [3.63, 3.8) is 0 Å². The number of alkyl halides is 1. The summed E-state index contributed by atoms with van der Waals surface area (Å²) in [6.45, 7) is 2.67. The van der Waals surface area contributed by atoms with Gasteiger partial charge in [-0.05, 0) is 26.3 Å². The summed E-state index contributed by atoms with van der Waals surface area (Å²) in [7, 11) is 0. The molecule has 146 valence electrons. The van der Waals surface area contributed by atoms with E-state index in [2.05, 4.69) is 26.0 Å². The molecule has 3 fully saturated rings. The Hall–Kier alpha value is -1.04. The van der Waals surface area contributed by atoms with Crippen LogP contribution >= 0.6 is 23.5 Å². The van der Waals surface area contributed by atoms with Crippen molar-refractivity contribution in [1.29, 1.82) is 0 Å². The lowest BCUT2D eigenvalue weighted by Gasteiger charge is -2.24. The van der Waals surface area contributed by atoms with Crippen molar-refractivity contribution in [2.45, 2.75) is 53.9 Å². The van der Waals surface area contributed by atoms with Crippen molar-refractivity contribution in [1.82, 2.24) is 21.3 Å². The van der Waals surface area contributed by atoms with Crippen molar-refractivity contribution in [2.75, 3.05) is 13.2 Å². The molecule has 11 heteroatoms. The average Bonchev–Trinajstić information content (AvgIpc) is 3.18. The molecule has 6 atom stereocenters. The second-order valence-electron chi connectivity index (χ2n) is 6.32. The minimum atomic E-state index is -1.27. The largest absolute Gasteiger partial charge is 0.450 e. The molecule has 3 aliphatic rings.